The van der Waals surface area contributed by atoms with E-state index in [4.69, 9.17) is 45.9 Å². The summed E-state index contributed by atoms with van der Waals surface area (Å²) in [7, 11) is 0. The van der Waals surface area contributed by atoms with Crippen LogP contribution in [0.15, 0.2) is 24.3 Å². The van der Waals surface area contributed by atoms with E-state index in [1.165, 1.54) is 0 Å². The first-order valence-electron chi connectivity index (χ1n) is 4.72. The van der Waals surface area contributed by atoms with Crippen LogP contribution in [0.2, 0.25) is 0 Å². The number of fused-ring (bicyclic) bond motifs is 1. The first kappa shape index (κ1) is 13.1. The molecule has 0 aliphatic rings. The third-order valence-corrected chi connectivity index (χ3v) is 2.68. The van der Waals surface area contributed by atoms with Crippen molar-refractivity contribution in [3.05, 3.63) is 30.1 Å². The minimum atomic E-state index is -1.78. The van der Waals surface area contributed by atoms with Crippen LogP contribution in [0, 0.1) is 11.5 Å². The van der Waals surface area contributed by atoms with Crippen molar-refractivity contribution >= 4 is 51.5 Å². The molecule has 0 spiro atoms. The standard InChI is InChI=1S/C10H6Cl3N5/c11-10(12,13)9-16-7-4-2-1-3-6(7)8(17-9)18(15)5-14/h1-4H,15H2. The monoisotopic (exact) mass is 301 g/mol. The summed E-state index contributed by atoms with van der Waals surface area (Å²) in [5, 5.41) is 10.2. The predicted molar refractivity (Wildman–Crippen MR) is 71.1 cm³/mol. The van der Waals surface area contributed by atoms with E-state index in [1.54, 1.807) is 30.5 Å². The van der Waals surface area contributed by atoms with Crippen LogP contribution in [0.25, 0.3) is 10.9 Å². The maximum Gasteiger partial charge on any atom is 0.250 e. The normalized spacial score (nSPS) is 11.3. The van der Waals surface area contributed by atoms with Gasteiger partial charge in [0.2, 0.25) is 9.99 Å². The highest BCUT2D eigenvalue weighted by Gasteiger charge is 2.28. The van der Waals surface area contributed by atoms with Crippen molar-refractivity contribution in [2.75, 3.05) is 5.01 Å². The number of hydrogen-bond donors (Lipinski definition) is 1. The molecule has 1 heterocycles. The number of anilines is 1. The third-order valence-electron chi connectivity index (χ3n) is 2.17. The Balaban J connectivity index is 2.78. The van der Waals surface area contributed by atoms with E-state index in [0.717, 1.165) is 5.01 Å². The van der Waals surface area contributed by atoms with Crippen LogP contribution in [0.1, 0.15) is 5.82 Å². The minimum Gasteiger partial charge on any atom is -0.232 e. The van der Waals surface area contributed by atoms with Crippen molar-refractivity contribution in [3.63, 3.8) is 0 Å². The lowest BCUT2D eigenvalue weighted by atomic mass is 10.2. The molecule has 0 aliphatic carbocycles. The van der Waals surface area contributed by atoms with Crippen LogP contribution in [-0.4, -0.2) is 9.97 Å². The van der Waals surface area contributed by atoms with E-state index >= 15 is 0 Å². The lowest BCUT2D eigenvalue weighted by molar-refractivity contribution is 0.955. The maximum atomic E-state index is 8.83. The molecule has 8 heteroatoms. The Bertz CT molecular complexity index is 631. The molecule has 0 unspecified atom stereocenters. The highest BCUT2D eigenvalue weighted by molar-refractivity contribution is 6.66. The second kappa shape index (κ2) is 4.75. The van der Waals surface area contributed by atoms with Gasteiger partial charge >= 0.3 is 0 Å². The fraction of sp³-hybridized carbons (Fsp3) is 0.100. The number of nitrogens with two attached hydrogens (primary N) is 1. The molecular formula is C10H6Cl3N5. The molecule has 0 fully saturated rings. The van der Waals surface area contributed by atoms with Crippen molar-refractivity contribution in [1.29, 1.82) is 5.26 Å². The largest absolute Gasteiger partial charge is 0.250 e. The third kappa shape index (κ3) is 2.42. The van der Waals surface area contributed by atoms with Gasteiger partial charge in [-0.3, -0.25) is 0 Å². The number of rotatable bonds is 1. The van der Waals surface area contributed by atoms with Gasteiger partial charge in [0.15, 0.2) is 11.6 Å². The van der Waals surface area contributed by atoms with E-state index in [1.807, 2.05) is 0 Å². The van der Waals surface area contributed by atoms with Gasteiger partial charge in [-0.25, -0.2) is 15.8 Å². The van der Waals surface area contributed by atoms with E-state index < -0.39 is 3.79 Å². The van der Waals surface area contributed by atoms with Crippen LogP contribution in [-0.2, 0) is 3.79 Å². The predicted octanol–water partition coefficient (Wildman–Crippen LogP) is 2.62. The summed E-state index contributed by atoms with van der Waals surface area (Å²) in [5.41, 5.74) is 0.537. The van der Waals surface area contributed by atoms with Gasteiger partial charge in [-0.05, 0) is 12.1 Å². The Labute approximate surface area is 118 Å². The molecule has 1 aromatic heterocycles. The van der Waals surface area contributed by atoms with Crippen LogP contribution < -0.4 is 10.9 Å². The van der Waals surface area contributed by atoms with Gasteiger partial charge in [-0.1, -0.05) is 46.9 Å². The molecular weight excluding hydrogens is 297 g/mol. The van der Waals surface area contributed by atoms with Crippen LogP contribution in [0.3, 0.4) is 0 Å². The van der Waals surface area contributed by atoms with Crippen LogP contribution >= 0.6 is 34.8 Å². The molecule has 18 heavy (non-hydrogen) atoms. The van der Waals surface area contributed by atoms with E-state index in [9.17, 15) is 0 Å². The number of para-hydroxylation sites is 1. The lowest BCUT2D eigenvalue weighted by Gasteiger charge is -2.15. The summed E-state index contributed by atoms with van der Waals surface area (Å²) >= 11 is 17.2. The average Bonchev–Trinajstić information content (AvgIpc) is 2.35. The second-order valence-corrected chi connectivity index (χ2v) is 5.64. The van der Waals surface area contributed by atoms with Crippen molar-refractivity contribution in [3.8, 4) is 6.19 Å². The number of hydrogen-bond acceptors (Lipinski definition) is 5. The average molecular weight is 303 g/mol. The molecule has 0 atom stereocenters. The van der Waals surface area contributed by atoms with Gasteiger partial charge in [0.25, 0.3) is 0 Å². The van der Waals surface area contributed by atoms with Gasteiger partial charge in [0, 0.05) is 5.39 Å². The van der Waals surface area contributed by atoms with Crippen LogP contribution in [0.5, 0.6) is 0 Å². The fourth-order valence-corrected chi connectivity index (χ4v) is 1.67. The number of nitrogens with zero attached hydrogens (tertiary/aromatic N) is 4. The zero-order valence-electron chi connectivity index (χ0n) is 8.81. The quantitative estimate of drug-likeness (QED) is 0.288. The Hall–Kier alpha value is -1.32. The Morgan fingerprint density at radius 3 is 2.50 bits per heavy atom. The van der Waals surface area contributed by atoms with Gasteiger partial charge in [0.05, 0.1) is 5.52 Å². The van der Waals surface area contributed by atoms with E-state index in [2.05, 4.69) is 9.97 Å². The van der Waals surface area contributed by atoms with Gasteiger partial charge < -0.3 is 0 Å². The van der Waals surface area contributed by atoms with E-state index in [-0.39, 0.29) is 11.6 Å². The zero-order chi connectivity index (χ0) is 13.3. The fourth-order valence-electron chi connectivity index (χ4n) is 1.42. The highest BCUT2D eigenvalue weighted by Crippen LogP contribution is 2.37. The van der Waals surface area contributed by atoms with Gasteiger partial charge in [-0.15, -0.1) is 0 Å². The summed E-state index contributed by atoms with van der Waals surface area (Å²) in [6.45, 7) is 0. The first-order valence-corrected chi connectivity index (χ1v) is 5.85. The van der Waals surface area contributed by atoms with Crippen molar-refractivity contribution in [2.45, 2.75) is 3.79 Å². The Morgan fingerprint density at radius 1 is 1.22 bits per heavy atom. The lowest BCUT2D eigenvalue weighted by Crippen LogP contribution is -2.27. The van der Waals surface area contributed by atoms with Crippen molar-refractivity contribution in [1.82, 2.24) is 9.97 Å². The SMILES string of the molecule is N#CN(N)c1nc(C(Cl)(Cl)Cl)nc2ccccc12. The molecule has 0 saturated heterocycles. The Morgan fingerprint density at radius 2 is 1.89 bits per heavy atom. The van der Waals surface area contributed by atoms with E-state index in [0.29, 0.717) is 10.9 Å². The summed E-state index contributed by atoms with van der Waals surface area (Å²) in [4.78, 5) is 8.14. The highest BCUT2D eigenvalue weighted by atomic mass is 35.6. The van der Waals surface area contributed by atoms with Crippen LogP contribution in [0.4, 0.5) is 5.82 Å². The first-order chi connectivity index (χ1) is 8.43. The maximum absolute atomic E-state index is 8.83. The molecule has 5 nitrogen and oxygen atoms in total. The molecule has 0 saturated carbocycles. The number of benzene rings is 1. The zero-order valence-corrected chi connectivity index (χ0v) is 11.1. The van der Waals surface area contributed by atoms with Gasteiger partial charge in [-0.2, -0.15) is 10.3 Å². The number of alkyl halides is 3. The molecule has 2 aromatic rings. The molecule has 0 radical (unpaired) electrons. The van der Waals surface area contributed by atoms with Gasteiger partial charge in [0.1, 0.15) is 0 Å². The summed E-state index contributed by atoms with van der Waals surface area (Å²) in [6.07, 6.45) is 1.74. The number of hydrazine groups is 1. The number of halogens is 3. The van der Waals surface area contributed by atoms with Crippen molar-refractivity contribution in [2.24, 2.45) is 5.84 Å². The summed E-state index contributed by atoms with van der Waals surface area (Å²) in [5.74, 6) is 5.67. The minimum absolute atomic E-state index is 0.0353. The number of nitriles is 1. The molecule has 1 aromatic carbocycles. The number of aromatic nitrogens is 2. The molecule has 2 rings (SSSR count). The smallest absolute Gasteiger partial charge is 0.232 e. The molecule has 0 amide bonds. The molecule has 0 bridgehead atoms. The van der Waals surface area contributed by atoms with Crippen molar-refractivity contribution < 1.29 is 0 Å². The molecule has 0 aliphatic heterocycles. The summed E-state index contributed by atoms with van der Waals surface area (Å²) in [6, 6.07) is 6.99. The molecule has 2 N–H and O–H groups in total. The molecule has 92 valence electrons. The summed E-state index contributed by atoms with van der Waals surface area (Å²) < 4.78 is -1.78. The Kier molecular flexibility index (Phi) is 3.46. The topological polar surface area (TPSA) is 78.8 Å². The second-order valence-electron chi connectivity index (χ2n) is 3.36.